The Hall–Kier alpha value is -2.98. The topological polar surface area (TPSA) is 86.5 Å². The summed E-state index contributed by atoms with van der Waals surface area (Å²) >= 11 is 1.45. The molecule has 2 aromatic rings. The van der Waals surface area contributed by atoms with Gasteiger partial charge in [0, 0.05) is 12.0 Å². The molecule has 1 saturated carbocycles. The summed E-state index contributed by atoms with van der Waals surface area (Å²) in [5.74, 6) is 0.442. The number of para-hydroxylation sites is 1. The molecular formula is C24H28N4O2S. The number of amides is 1. The van der Waals surface area contributed by atoms with E-state index < -0.39 is 0 Å². The zero-order valence-corrected chi connectivity index (χ0v) is 18.7. The number of hydrogen-bond acceptors (Lipinski definition) is 5. The summed E-state index contributed by atoms with van der Waals surface area (Å²) in [5, 5.41) is 15.3. The van der Waals surface area contributed by atoms with Crippen LogP contribution in [0.3, 0.4) is 0 Å². The van der Waals surface area contributed by atoms with Gasteiger partial charge in [-0.3, -0.25) is 15.1 Å². The Balaban J connectivity index is 1.76. The van der Waals surface area contributed by atoms with Crippen molar-refractivity contribution in [3.05, 3.63) is 65.7 Å². The Labute approximate surface area is 188 Å². The number of benzene rings is 2. The SMILES string of the molecule is COc1ccccc1C(=O)NCC1(c2ccccc2)CCC(N=C(NC#N)SC)CC1. The molecule has 31 heavy (non-hydrogen) atoms. The normalized spacial score (nSPS) is 21.1. The van der Waals surface area contributed by atoms with E-state index in [4.69, 9.17) is 15.0 Å². The Morgan fingerprint density at radius 3 is 2.52 bits per heavy atom. The van der Waals surface area contributed by atoms with E-state index in [0.29, 0.717) is 23.0 Å². The lowest BCUT2D eigenvalue weighted by Crippen LogP contribution is -2.44. The van der Waals surface area contributed by atoms with Crippen LogP contribution in [0.4, 0.5) is 0 Å². The first-order valence-corrected chi connectivity index (χ1v) is 11.6. The first-order chi connectivity index (χ1) is 15.1. The minimum Gasteiger partial charge on any atom is -0.496 e. The van der Waals surface area contributed by atoms with Crippen molar-refractivity contribution < 1.29 is 9.53 Å². The van der Waals surface area contributed by atoms with Gasteiger partial charge in [0.25, 0.3) is 5.91 Å². The van der Waals surface area contributed by atoms with Crippen LogP contribution in [-0.4, -0.2) is 37.0 Å². The van der Waals surface area contributed by atoms with Gasteiger partial charge in [0.15, 0.2) is 11.4 Å². The maximum atomic E-state index is 12.9. The average molecular weight is 437 g/mol. The summed E-state index contributed by atoms with van der Waals surface area (Å²) in [7, 11) is 1.57. The zero-order chi connectivity index (χ0) is 22.1. The minimum atomic E-state index is -0.146. The van der Waals surface area contributed by atoms with Crippen molar-refractivity contribution in [3.63, 3.8) is 0 Å². The number of rotatable bonds is 6. The highest BCUT2D eigenvalue weighted by Crippen LogP contribution is 2.40. The van der Waals surface area contributed by atoms with Crippen LogP contribution in [0.25, 0.3) is 0 Å². The van der Waals surface area contributed by atoms with Crippen LogP contribution >= 0.6 is 11.8 Å². The number of hydrogen-bond donors (Lipinski definition) is 2. The largest absolute Gasteiger partial charge is 0.496 e. The van der Waals surface area contributed by atoms with Gasteiger partial charge in [0.05, 0.1) is 18.7 Å². The van der Waals surface area contributed by atoms with Crippen LogP contribution in [0.5, 0.6) is 5.75 Å². The molecule has 0 unspecified atom stereocenters. The second-order valence-electron chi connectivity index (χ2n) is 7.64. The Morgan fingerprint density at radius 2 is 1.87 bits per heavy atom. The monoisotopic (exact) mass is 436 g/mol. The summed E-state index contributed by atoms with van der Waals surface area (Å²) in [6.45, 7) is 0.552. The van der Waals surface area contributed by atoms with Crippen LogP contribution in [0, 0.1) is 11.5 Å². The summed E-state index contributed by atoms with van der Waals surface area (Å²) in [6.07, 6.45) is 7.47. The molecule has 6 nitrogen and oxygen atoms in total. The van der Waals surface area contributed by atoms with Gasteiger partial charge in [-0.25, -0.2) is 0 Å². The zero-order valence-electron chi connectivity index (χ0n) is 17.9. The van der Waals surface area contributed by atoms with Crippen molar-refractivity contribution in [1.29, 1.82) is 5.26 Å². The van der Waals surface area contributed by atoms with Gasteiger partial charge in [0.1, 0.15) is 5.75 Å². The van der Waals surface area contributed by atoms with Crippen LogP contribution in [0.2, 0.25) is 0 Å². The fourth-order valence-electron chi connectivity index (χ4n) is 4.17. The maximum absolute atomic E-state index is 12.9. The molecule has 3 rings (SSSR count). The van der Waals surface area contributed by atoms with E-state index in [1.54, 1.807) is 19.2 Å². The highest BCUT2D eigenvalue weighted by molar-refractivity contribution is 8.13. The molecule has 162 valence electrons. The number of ether oxygens (including phenoxy) is 1. The standard InChI is InChI=1S/C24H28N4O2S/c1-30-21-11-7-6-10-20(21)22(29)26-16-24(18-8-4-3-5-9-18)14-12-19(13-15-24)28-23(31-2)27-17-25/h3-11,19H,12-16H2,1-2H3,(H,26,29)(H,27,28). The van der Waals surface area contributed by atoms with Crippen molar-refractivity contribution in [2.24, 2.45) is 4.99 Å². The lowest BCUT2D eigenvalue weighted by molar-refractivity contribution is 0.0932. The predicted molar refractivity (Wildman–Crippen MR) is 125 cm³/mol. The Bertz CT molecular complexity index is 948. The molecule has 1 fully saturated rings. The number of aliphatic imine (C=N–C) groups is 1. The molecule has 0 radical (unpaired) electrons. The molecule has 0 aliphatic heterocycles. The average Bonchev–Trinajstić information content (AvgIpc) is 2.83. The van der Waals surface area contributed by atoms with E-state index in [1.165, 1.54) is 17.3 Å². The molecule has 0 saturated heterocycles. The first-order valence-electron chi connectivity index (χ1n) is 10.4. The molecule has 1 aliphatic rings. The highest BCUT2D eigenvalue weighted by atomic mass is 32.2. The molecule has 0 atom stereocenters. The van der Waals surface area contributed by atoms with E-state index in [2.05, 4.69) is 22.8 Å². The van der Waals surface area contributed by atoms with Crippen molar-refractivity contribution in [2.75, 3.05) is 19.9 Å². The number of nitriles is 1. The third kappa shape index (κ3) is 5.59. The van der Waals surface area contributed by atoms with Crippen LogP contribution in [0.15, 0.2) is 59.6 Å². The summed E-state index contributed by atoms with van der Waals surface area (Å²) in [4.78, 5) is 17.6. The lowest BCUT2D eigenvalue weighted by atomic mass is 9.68. The van der Waals surface area contributed by atoms with Gasteiger partial charge < -0.3 is 10.1 Å². The third-order valence-corrected chi connectivity index (χ3v) is 6.49. The molecule has 1 amide bonds. The van der Waals surface area contributed by atoms with Gasteiger partial charge in [-0.1, -0.05) is 54.2 Å². The smallest absolute Gasteiger partial charge is 0.255 e. The number of nitrogens with one attached hydrogen (secondary N) is 2. The van der Waals surface area contributed by atoms with Crippen molar-refractivity contribution in [1.82, 2.24) is 10.6 Å². The van der Waals surface area contributed by atoms with Crippen molar-refractivity contribution in [3.8, 4) is 11.9 Å². The lowest BCUT2D eigenvalue weighted by Gasteiger charge is -2.40. The van der Waals surface area contributed by atoms with Gasteiger partial charge in [-0.05, 0) is 49.6 Å². The van der Waals surface area contributed by atoms with Gasteiger partial charge in [0.2, 0.25) is 0 Å². The van der Waals surface area contributed by atoms with E-state index in [9.17, 15) is 4.79 Å². The second kappa shape index (κ2) is 10.9. The summed E-state index contributed by atoms with van der Waals surface area (Å²) in [5.41, 5.74) is 1.63. The van der Waals surface area contributed by atoms with Crippen LogP contribution < -0.4 is 15.4 Å². The third-order valence-electron chi connectivity index (χ3n) is 5.89. The predicted octanol–water partition coefficient (Wildman–Crippen LogP) is 4.10. The molecule has 0 spiro atoms. The molecule has 0 aromatic heterocycles. The number of carbonyl (C=O) groups excluding carboxylic acids is 1. The van der Waals surface area contributed by atoms with E-state index in [0.717, 1.165) is 25.7 Å². The minimum absolute atomic E-state index is 0.129. The van der Waals surface area contributed by atoms with Crippen molar-refractivity contribution in [2.45, 2.75) is 37.1 Å². The number of nitrogens with zero attached hydrogens (tertiary/aromatic N) is 2. The molecule has 0 heterocycles. The van der Waals surface area contributed by atoms with Crippen molar-refractivity contribution >= 4 is 22.8 Å². The fourth-order valence-corrected chi connectivity index (χ4v) is 4.57. The number of thioether (sulfide) groups is 1. The van der Waals surface area contributed by atoms with E-state index >= 15 is 0 Å². The second-order valence-corrected chi connectivity index (χ2v) is 8.43. The number of amidine groups is 1. The van der Waals surface area contributed by atoms with Crippen LogP contribution in [0.1, 0.15) is 41.6 Å². The highest BCUT2D eigenvalue weighted by Gasteiger charge is 2.37. The van der Waals surface area contributed by atoms with E-state index in [1.807, 2.05) is 42.8 Å². The molecule has 2 N–H and O–H groups in total. The molecule has 1 aliphatic carbocycles. The summed E-state index contributed by atoms with van der Waals surface area (Å²) < 4.78 is 5.34. The van der Waals surface area contributed by atoms with Gasteiger partial charge >= 0.3 is 0 Å². The molecular weight excluding hydrogens is 408 g/mol. The number of methoxy groups -OCH3 is 1. The quantitative estimate of drug-likeness (QED) is 0.308. The first kappa shape index (κ1) is 22.7. The van der Waals surface area contributed by atoms with Gasteiger partial charge in [-0.2, -0.15) is 5.26 Å². The van der Waals surface area contributed by atoms with Crippen LogP contribution in [-0.2, 0) is 5.41 Å². The molecule has 7 heteroatoms. The van der Waals surface area contributed by atoms with Gasteiger partial charge in [-0.15, -0.1) is 0 Å². The Kier molecular flexibility index (Phi) is 7.96. The fraction of sp³-hybridized carbons (Fsp3) is 0.375. The summed E-state index contributed by atoms with van der Waals surface area (Å²) in [6, 6.07) is 17.8. The Morgan fingerprint density at radius 1 is 1.19 bits per heavy atom. The maximum Gasteiger partial charge on any atom is 0.255 e. The molecule has 0 bridgehead atoms. The number of carbonyl (C=O) groups is 1. The molecule has 2 aromatic carbocycles. The van der Waals surface area contributed by atoms with E-state index in [-0.39, 0.29) is 17.4 Å².